The topological polar surface area (TPSA) is 72.2 Å². The molecule has 0 saturated heterocycles. The molecule has 0 radical (unpaired) electrons. The molecule has 1 rings (SSSR count). The zero-order chi connectivity index (χ0) is 15.6. The summed E-state index contributed by atoms with van der Waals surface area (Å²) in [5.41, 5.74) is 9.35. The standard InChI is InChI=1S/C13H19FN2O2SSi/c1-16-19(17,18)9-11-7-10(5-6-20(2,3)4)12(14)8-13(11)15/h7-8,16H,9,15H2,1-4H3. The van der Waals surface area contributed by atoms with Gasteiger partial charge in [-0.3, -0.25) is 0 Å². The zero-order valence-corrected chi connectivity index (χ0v) is 13.9. The van der Waals surface area contributed by atoms with Crippen LogP contribution in [0.3, 0.4) is 0 Å². The highest BCUT2D eigenvalue weighted by atomic mass is 32.2. The average Bonchev–Trinajstić information content (AvgIpc) is 2.30. The van der Waals surface area contributed by atoms with Gasteiger partial charge in [-0.05, 0) is 24.7 Å². The second kappa shape index (κ2) is 5.95. The Morgan fingerprint density at radius 2 is 1.95 bits per heavy atom. The van der Waals surface area contributed by atoms with Crippen molar-refractivity contribution in [2.75, 3.05) is 12.8 Å². The van der Waals surface area contributed by atoms with Crippen molar-refractivity contribution in [1.82, 2.24) is 4.72 Å². The minimum atomic E-state index is -3.46. The Hall–Kier alpha value is -1.36. The van der Waals surface area contributed by atoms with Crippen molar-refractivity contribution >= 4 is 23.8 Å². The van der Waals surface area contributed by atoms with Crippen LogP contribution in [0.5, 0.6) is 0 Å². The van der Waals surface area contributed by atoms with Crippen LogP contribution in [0.2, 0.25) is 19.6 Å². The monoisotopic (exact) mass is 314 g/mol. The van der Waals surface area contributed by atoms with Gasteiger partial charge in [-0.25, -0.2) is 17.5 Å². The first kappa shape index (κ1) is 16.7. The highest BCUT2D eigenvalue weighted by molar-refractivity contribution is 7.88. The van der Waals surface area contributed by atoms with E-state index in [1.807, 2.05) is 19.6 Å². The molecule has 4 nitrogen and oxygen atoms in total. The second-order valence-corrected chi connectivity index (χ2v) is 12.2. The van der Waals surface area contributed by atoms with Gasteiger partial charge in [0.1, 0.15) is 13.9 Å². The van der Waals surface area contributed by atoms with Gasteiger partial charge < -0.3 is 5.73 Å². The third-order valence-electron chi connectivity index (χ3n) is 2.46. The summed E-state index contributed by atoms with van der Waals surface area (Å²) >= 11 is 0. The third kappa shape index (κ3) is 4.96. The molecular formula is C13H19FN2O2SSi. The molecule has 0 atom stereocenters. The summed E-state index contributed by atoms with van der Waals surface area (Å²) in [4.78, 5) is 0. The van der Waals surface area contributed by atoms with E-state index >= 15 is 0 Å². The van der Waals surface area contributed by atoms with E-state index < -0.39 is 23.9 Å². The number of anilines is 1. The van der Waals surface area contributed by atoms with E-state index in [2.05, 4.69) is 16.2 Å². The first-order valence-corrected chi connectivity index (χ1v) is 11.2. The molecule has 0 spiro atoms. The van der Waals surface area contributed by atoms with E-state index in [1.165, 1.54) is 13.1 Å². The molecule has 0 amide bonds. The SMILES string of the molecule is CNS(=O)(=O)Cc1cc(C#C[Si](C)(C)C)c(F)cc1N. The number of nitrogens with one attached hydrogen (secondary N) is 1. The van der Waals surface area contributed by atoms with Crippen molar-refractivity contribution < 1.29 is 12.8 Å². The Morgan fingerprint density at radius 3 is 2.45 bits per heavy atom. The molecule has 0 aliphatic heterocycles. The van der Waals surface area contributed by atoms with Crippen molar-refractivity contribution in [3.63, 3.8) is 0 Å². The smallest absolute Gasteiger partial charge is 0.215 e. The normalized spacial score (nSPS) is 11.8. The molecule has 0 saturated carbocycles. The van der Waals surface area contributed by atoms with Gasteiger partial charge in [-0.2, -0.15) is 0 Å². The summed E-state index contributed by atoms with van der Waals surface area (Å²) in [5, 5.41) is 0. The Balaban J connectivity index is 3.26. The number of nitrogen functional groups attached to an aromatic ring is 1. The fourth-order valence-corrected chi connectivity index (χ4v) is 2.70. The van der Waals surface area contributed by atoms with Gasteiger partial charge in [-0.1, -0.05) is 25.6 Å². The summed E-state index contributed by atoms with van der Waals surface area (Å²) in [6.45, 7) is 6.13. The number of halogens is 1. The van der Waals surface area contributed by atoms with Crippen molar-refractivity contribution in [2.45, 2.75) is 25.4 Å². The minimum absolute atomic E-state index is 0.111. The lowest BCUT2D eigenvalue weighted by Crippen LogP contribution is -2.21. The van der Waals surface area contributed by atoms with E-state index in [-0.39, 0.29) is 17.0 Å². The van der Waals surface area contributed by atoms with Gasteiger partial charge in [-0.15, -0.1) is 5.54 Å². The molecule has 0 aliphatic carbocycles. The molecule has 1 aromatic carbocycles. The number of rotatable bonds is 3. The van der Waals surface area contributed by atoms with E-state index in [9.17, 15) is 12.8 Å². The molecule has 0 bridgehead atoms. The summed E-state index contributed by atoms with van der Waals surface area (Å²) in [6, 6.07) is 2.53. The molecule has 0 aromatic heterocycles. The van der Waals surface area contributed by atoms with Gasteiger partial charge in [0.05, 0.1) is 11.3 Å². The van der Waals surface area contributed by atoms with Gasteiger partial charge in [0, 0.05) is 5.69 Å². The minimum Gasteiger partial charge on any atom is -0.398 e. The molecule has 0 fully saturated rings. The van der Waals surface area contributed by atoms with Crippen LogP contribution in [-0.2, 0) is 15.8 Å². The number of benzene rings is 1. The van der Waals surface area contributed by atoms with Gasteiger partial charge in [0.15, 0.2) is 0 Å². The van der Waals surface area contributed by atoms with E-state index in [0.29, 0.717) is 5.56 Å². The van der Waals surface area contributed by atoms with Gasteiger partial charge >= 0.3 is 0 Å². The maximum absolute atomic E-state index is 13.8. The van der Waals surface area contributed by atoms with Crippen LogP contribution >= 0.6 is 0 Å². The number of hydrogen-bond acceptors (Lipinski definition) is 3. The highest BCUT2D eigenvalue weighted by Crippen LogP contribution is 2.19. The van der Waals surface area contributed by atoms with Crippen molar-refractivity contribution in [1.29, 1.82) is 0 Å². The lowest BCUT2D eigenvalue weighted by Gasteiger charge is -2.08. The molecule has 0 aliphatic rings. The van der Waals surface area contributed by atoms with Crippen LogP contribution in [-0.4, -0.2) is 23.5 Å². The van der Waals surface area contributed by atoms with E-state index in [0.717, 1.165) is 6.07 Å². The average molecular weight is 314 g/mol. The number of nitrogens with two attached hydrogens (primary N) is 1. The highest BCUT2D eigenvalue weighted by Gasteiger charge is 2.14. The lowest BCUT2D eigenvalue weighted by atomic mass is 10.1. The summed E-state index contributed by atoms with van der Waals surface area (Å²) in [7, 11) is -3.78. The van der Waals surface area contributed by atoms with Crippen molar-refractivity contribution in [3.05, 3.63) is 29.1 Å². The molecule has 20 heavy (non-hydrogen) atoms. The van der Waals surface area contributed by atoms with Crippen LogP contribution in [0.15, 0.2) is 12.1 Å². The summed E-state index contributed by atoms with van der Waals surface area (Å²) in [6.07, 6.45) is 0. The van der Waals surface area contributed by atoms with Crippen LogP contribution in [0.4, 0.5) is 10.1 Å². The Labute approximate surface area is 120 Å². The number of sulfonamides is 1. The first-order valence-electron chi connectivity index (χ1n) is 6.06. The Bertz CT molecular complexity index is 670. The molecule has 7 heteroatoms. The number of hydrogen-bond donors (Lipinski definition) is 2. The maximum atomic E-state index is 13.8. The maximum Gasteiger partial charge on any atom is 0.215 e. The van der Waals surface area contributed by atoms with Gasteiger partial charge in [0.25, 0.3) is 0 Å². The molecule has 110 valence electrons. The van der Waals surface area contributed by atoms with Crippen molar-refractivity contribution in [2.24, 2.45) is 0 Å². The zero-order valence-electron chi connectivity index (χ0n) is 12.0. The third-order valence-corrected chi connectivity index (χ3v) is 4.65. The molecule has 1 aromatic rings. The quantitative estimate of drug-likeness (QED) is 0.506. The predicted molar refractivity (Wildman–Crippen MR) is 82.7 cm³/mol. The van der Waals surface area contributed by atoms with Gasteiger partial charge in [0.2, 0.25) is 10.0 Å². The lowest BCUT2D eigenvalue weighted by molar-refractivity contribution is 0.587. The second-order valence-electron chi connectivity index (χ2n) is 5.49. The van der Waals surface area contributed by atoms with Crippen molar-refractivity contribution in [3.8, 4) is 11.5 Å². The molecule has 0 heterocycles. The fourth-order valence-electron chi connectivity index (χ4n) is 1.39. The molecule has 3 N–H and O–H groups in total. The van der Waals surface area contributed by atoms with Crippen LogP contribution in [0.25, 0.3) is 0 Å². The van der Waals surface area contributed by atoms with E-state index in [1.54, 1.807) is 0 Å². The summed E-state index contributed by atoms with van der Waals surface area (Å²) < 4.78 is 39.1. The Morgan fingerprint density at radius 1 is 1.35 bits per heavy atom. The fraction of sp³-hybridized carbons (Fsp3) is 0.385. The summed E-state index contributed by atoms with van der Waals surface area (Å²) in [5.74, 6) is 1.97. The molecule has 0 unspecified atom stereocenters. The molecular weight excluding hydrogens is 295 g/mol. The Kier molecular flexibility index (Phi) is 4.97. The van der Waals surface area contributed by atoms with Crippen LogP contribution in [0, 0.1) is 17.3 Å². The van der Waals surface area contributed by atoms with E-state index in [4.69, 9.17) is 5.73 Å². The van der Waals surface area contributed by atoms with Crippen LogP contribution < -0.4 is 10.5 Å². The first-order chi connectivity index (χ1) is 9.04. The van der Waals surface area contributed by atoms with Crippen LogP contribution in [0.1, 0.15) is 11.1 Å². The predicted octanol–water partition coefficient (Wildman–Crippen LogP) is 1.69. The largest absolute Gasteiger partial charge is 0.398 e.